The van der Waals surface area contributed by atoms with E-state index in [9.17, 15) is 18.7 Å². The molecule has 4 aromatic heterocycles. The SMILES string of the molecule is O=C(O)C1C2CCC(CC2)C1Nc1nc(-c2cn(C(c3ccccc3)(c3ccccc3)c3ccccc3)c3ncc(Cl)nc23)nc2c1ccn2C(CF)CF. The number of fused-ring (bicyclic) bond motifs is 5. The van der Waals surface area contributed by atoms with Crippen LogP contribution >= 0.6 is 11.6 Å². The summed E-state index contributed by atoms with van der Waals surface area (Å²) < 4.78 is 32.2. The first-order chi connectivity index (χ1) is 26.9. The Balaban J connectivity index is 1.33. The number of carbonyl (C=O) groups is 1. The van der Waals surface area contributed by atoms with Crippen LogP contribution in [0, 0.1) is 17.8 Å². The van der Waals surface area contributed by atoms with E-state index < -0.39 is 36.8 Å². The molecule has 7 aromatic rings. The minimum absolute atomic E-state index is 0.0568. The van der Waals surface area contributed by atoms with Crippen molar-refractivity contribution in [3.8, 4) is 11.4 Å². The van der Waals surface area contributed by atoms with Gasteiger partial charge in [-0.2, -0.15) is 0 Å². The standard InChI is InChI=1S/C43H38ClF2N7O2/c44-34-24-47-41-37(48-34)33(25-53(41)43(28-10-4-1-5-11-28,29-12-6-2-7-13-29)30-14-8-3-9-15-30)39-50-38(32-20-21-52(40(32)51-39)31(22-45)23-46)49-36-27-18-16-26(17-19-27)35(36)42(54)55/h1-15,20-21,24-27,31,35-36H,16-19,22-23H2,(H,54,55)(H,49,50,51). The average molecular weight is 758 g/mol. The highest BCUT2D eigenvalue weighted by molar-refractivity contribution is 6.29. The number of halogens is 3. The van der Waals surface area contributed by atoms with Crippen LogP contribution in [0.25, 0.3) is 33.6 Å². The van der Waals surface area contributed by atoms with Crippen molar-refractivity contribution < 1.29 is 18.7 Å². The van der Waals surface area contributed by atoms with Gasteiger partial charge in [-0.15, -0.1) is 0 Å². The minimum Gasteiger partial charge on any atom is -0.481 e. The van der Waals surface area contributed by atoms with Crippen molar-refractivity contribution in [2.75, 3.05) is 18.7 Å². The molecule has 0 saturated heterocycles. The lowest BCUT2D eigenvalue weighted by atomic mass is 9.61. The van der Waals surface area contributed by atoms with Gasteiger partial charge in [0.15, 0.2) is 11.5 Å². The molecule has 3 aromatic carbocycles. The van der Waals surface area contributed by atoms with Gasteiger partial charge >= 0.3 is 5.97 Å². The maximum Gasteiger partial charge on any atom is 0.308 e. The lowest BCUT2D eigenvalue weighted by Crippen LogP contribution is -2.51. The molecule has 0 aliphatic heterocycles. The van der Waals surface area contributed by atoms with Gasteiger partial charge in [-0.3, -0.25) is 4.79 Å². The number of alkyl halides is 2. The average Bonchev–Trinajstić information content (AvgIpc) is 3.82. The molecule has 278 valence electrons. The first kappa shape index (κ1) is 35.0. The van der Waals surface area contributed by atoms with Crippen molar-refractivity contribution >= 4 is 45.6 Å². The van der Waals surface area contributed by atoms with Crippen molar-refractivity contribution in [2.45, 2.75) is 43.3 Å². The molecule has 3 saturated carbocycles. The molecular formula is C43H38ClF2N7O2. The quantitative estimate of drug-likeness (QED) is 0.127. The van der Waals surface area contributed by atoms with Gasteiger partial charge in [0.05, 0.1) is 29.1 Å². The number of aliphatic carboxylic acids is 1. The molecule has 0 spiro atoms. The zero-order valence-electron chi connectivity index (χ0n) is 29.8. The number of anilines is 1. The predicted octanol–water partition coefficient (Wildman–Crippen LogP) is 9.12. The van der Waals surface area contributed by atoms with Gasteiger partial charge in [-0.25, -0.2) is 28.7 Å². The normalized spacial score (nSPS) is 19.7. The monoisotopic (exact) mass is 757 g/mol. The van der Waals surface area contributed by atoms with E-state index in [1.807, 2.05) is 60.8 Å². The third-order valence-corrected chi connectivity index (χ3v) is 12.0. The first-order valence-electron chi connectivity index (χ1n) is 18.6. The molecule has 2 atom stereocenters. The maximum absolute atomic E-state index is 14.3. The molecular weight excluding hydrogens is 720 g/mol. The molecule has 9 nitrogen and oxygen atoms in total. The van der Waals surface area contributed by atoms with Crippen molar-refractivity contribution in [1.29, 1.82) is 0 Å². The lowest BCUT2D eigenvalue weighted by Gasteiger charge is -2.47. The summed E-state index contributed by atoms with van der Waals surface area (Å²) in [5.41, 5.74) is 3.64. The second-order valence-electron chi connectivity index (χ2n) is 14.6. The van der Waals surface area contributed by atoms with Crippen molar-refractivity contribution in [3.63, 3.8) is 0 Å². The van der Waals surface area contributed by atoms with E-state index in [2.05, 4.69) is 46.3 Å². The van der Waals surface area contributed by atoms with E-state index in [0.717, 1.165) is 42.4 Å². The second-order valence-corrected chi connectivity index (χ2v) is 15.0. The summed E-state index contributed by atoms with van der Waals surface area (Å²) in [5.74, 6) is -0.612. The Morgan fingerprint density at radius 2 is 1.40 bits per heavy atom. The summed E-state index contributed by atoms with van der Waals surface area (Å²) in [4.78, 5) is 32.5. The number of carboxylic acid groups (broad SMARTS) is 1. The van der Waals surface area contributed by atoms with Crippen LogP contribution in [-0.4, -0.2) is 59.5 Å². The molecule has 2 N–H and O–H groups in total. The van der Waals surface area contributed by atoms with Crippen molar-refractivity contribution in [1.82, 2.24) is 29.1 Å². The first-order valence-corrected chi connectivity index (χ1v) is 19.0. The zero-order chi connectivity index (χ0) is 37.7. The smallest absolute Gasteiger partial charge is 0.308 e. The number of hydrogen-bond donors (Lipinski definition) is 2. The molecule has 4 heterocycles. The van der Waals surface area contributed by atoms with Crippen LogP contribution in [-0.2, 0) is 10.3 Å². The van der Waals surface area contributed by atoms with Crippen LogP contribution in [0.1, 0.15) is 48.4 Å². The van der Waals surface area contributed by atoms with Gasteiger partial charge in [0.2, 0.25) is 0 Å². The predicted molar refractivity (Wildman–Crippen MR) is 209 cm³/mol. The number of aromatic nitrogens is 6. The molecule has 3 aliphatic carbocycles. The zero-order valence-corrected chi connectivity index (χ0v) is 30.5. The van der Waals surface area contributed by atoms with Crippen LogP contribution in [0.3, 0.4) is 0 Å². The third-order valence-electron chi connectivity index (χ3n) is 11.8. The molecule has 0 amide bonds. The Bertz CT molecular complexity index is 2390. The fourth-order valence-corrected chi connectivity index (χ4v) is 9.40. The second kappa shape index (κ2) is 14.2. The molecule has 3 fully saturated rings. The fraction of sp³-hybridized carbons (Fsp3) is 0.279. The number of benzene rings is 3. The largest absolute Gasteiger partial charge is 0.481 e. The van der Waals surface area contributed by atoms with E-state index in [4.69, 9.17) is 31.5 Å². The number of carboxylic acids is 1. The Labute approximate surface area is 321 Å². The van der Waals surface area contributed by atoms with Gasteiger partial charge in [0.1, 0.15) is 41.0 Å². The molecule has 10 rings (SSSR count). The number of nitrogens with one attached hydrogen (secondary N) is 1. The van der Waals surface area contributed by atoms with Gasteiger partial charge in [0.25, 0.3) is 0 Å². The van der Waals surface area contributed by atoms with E-state index in [-0.39, 0.29) is 28.9 Å². The summed E-state index contributed by atoms with van der Waals surface area (Å²) in [6.07, 6.45) is 8.64. The van der Waals surface area contributed by atoms with E-state index in [1.165, 1.54) is 10.8 Å². The van der Waals surface area contributed by atoms with Crippen LogP contribution < -0.4 is 5.32 Å². The van der Waals surface area contributed by atoms with E-state index in [1.54, 1.807) is 12.3 Å². The van der Waals surface area contributed by atoms with Crippen LogP contribution in [0.5, 0.6) is 0 Å². The van der Waals surface area contributed by atoms with E-state index >= 15 is 0 Å². The molecule has 12 heteroatoms. The van der Waals surface area contributed by atoms with Gasteiger partial charge in [-0.05, 0) is 60.3 Å². The van der Waals surface area contributed by atoms with E-state index in [0.29, 0.717) is 33.6 Å². The highest BCUT2D eigenvalue weighted by Gasteiger charge is 2.48. The lowest BCUT2D eigenvalue weighted by molar-refractivity contribution is -0.148. The highest BCUT2D eigenvalue weighted by Crippen LogP contribution is 2.48. The minimum atomic E-state index is -1.11. The Kier molecular flexibility index (Phi) is 9.04. The third kappa shape index (κ3) is 5.75. The number of nitrogens with zero attached hydrogens (tertiary/aromatic N) is 6. The maximum atomic E-state index is 14.3. The van der Waals surface area contributed by atoms with Crippen LogP contribution in [0.2, 0.25) is 5.15 Å². The highest BCUT2D eigenvalue weighted by atomic mass is 35.5. The van der Waals surface area contributed by atoms with Crippen LogP contribution in [0.15, 0.2) is 116 Å². The summed E-state index contributed by atoms with van der Waals surface area (Å²) in [7, 11) is 0. The topological polar surface area (TPSA) is 111 Å². The summed E-state index contributed by atoms with van der Waals surface area (Å²) >= 11 is 6.60. The summed E-state index contributed by atoms with van der Waals surface area (Å²) in [6, 6.07) is 30.7. The fourth-order valence-electron chi connectivity index (χ4n) is 9.26. The molecule has 0 radical (unpaired) electrons. The van der Waals surface area contributed by atoms with Crippen molar-refractivity contribution in [2.24, 2.45) is 17.8 Å². The Morgan fingerprint density at radius 1 is 0.818 bits per heavy atom. The summed E-state index contributed by atoms with van der Waals surface area (Å²) in [5, 5.41) is 14.7. The Morgan fingerprint density at radius 3 is 1.96 bits per heavy atom. The number of rotatable bonds is 11. The Hall–Kier alpha value is -5.68. The van der Waals surface area contributed by atoms with Crippen molar-refractivity contribution in [3.05, 3.63) is 137 Å². The molecule has 2 bridgehead atoms. The molecule has 55 heavy (non-hydrogen) atoms. The van der Waals surface area contributed by atoms with Gasteiger partial charge in [-0.1, -0.05) is 103 Å². The van der Waals surface area contributed by atoms with Gasteiger partial charge in [0, 0.05) is 18.4 Å². The number of hydrogen-bond acceptors (Lipinski definition) is 6. The van der Waals surface area contributed by atoms with Gasteiger partial charge < -0.3 is 19.6 Å². The summed E-state index contributed by atoms with van der Waals surface area (Å²) in [6.45, 7) is -1.88. The molecule has 3 aliphatic rings. The molecule has 2 unspecified atom stereocenters. The van der Waals surface area contributed by atoms with Crippen LogP contribution in [0.4, 0.5) is 14.6 Å².